The van der Waals surface area contributed by atoms with Crippen LogP contribution in [0.2, 0.25) is 0 Å². The molecular weight excluding hydrogens is 400 g/mol. The zero-order chi connectivity index (χ0) is 21.6. The van der Waals surface area contributed by atoms with Crippen LogP contribution in [0.25, 0.3) is 0 Å². The number of carbonyl (C=O) groups is 1. The molecular formula is C22H30N4O3S. The van der Waals surface area contributed by atoms with E-state index in [-0.39, 0.29) is 10.9 Å². The number of anilines is 1. The van der Waals surface area contributed by atoms with Gasteiger partial charge in [-0.05, 0) is 35.7 Å². The quantitative estimate of drug-likeness (QED) is 0.708. The van der Waals surface area contributed by atoms with Crippen LogP contribution in [0.1, 0.15) is 19.4 Å². The van der Waals surface area contributed by atoms with E-state index < -0.39 is 10.0 Å². The predicted molar refractivity (Wildman–Crippen MR) is 119 cm³/mol. The summed E-state index contributed by atoms with van der Waals surface area (Å²) < 4.78 is 27.5. The Bertz CT molecular complexity index is 923. The summed E-state index contributed by atoms with van der Waals surface area (Å²) in [6, 6.07) is 16.2. The van der Waals surface area contributed by atoms with Crippen molar-refractivity contribution in [3.05, 3.63) is 60.2 Å². The predicted octanol–water partition coefficient (Wildman–Crippen LogP) is 2.97. The first-order valence-electron chi connectivity index (χ1n) is 10.3. The van der Waals surface area contributed by atoms with Crippen LogP contribution in [-0.2, 0) is 16.6 Å². The standard InChI is InChI=1S/C22H30N4O3S/c1-18(2)16-23-22(27)24-20-8-10-21(11-9-20)30(28,29)26-14-12-25(13-15-26)17-19-6-4-3-5-7-19/h3-11,18H,12-17H2,1-2H3,(H2,23,24,27). The molecule has 3 rings (SSSR count). The molecule has 0 aliphatic carbocycles. The number of hydrogen-bond acceptors (Lipinski definition) is 4. The Balaban J connectivity index is 1.55. The van der Waals surface area contributed by atoms with Crippen molar-refractivity contribution in [1.82, 2.24) is 14.5 Å². The Morgan fingerprint density at radius 2 is 1.60 bits per heavy atom. The van der Waals surface area contributed by atoms with Crippen LogP contribution in [0.15, 0.2) is 59.5 Å². The highest BCUT2D eigenvalue weighted by Gasteiger charge is 2.28. The minimum Gasteiger partial charge on any atom is -0.338 e. The highest BCUT2D eigenvalue weighted by Crippen LogP contribution is 2.20. The van der Waals surface area contributed by atoms with Gasteiger partial charge in [-0.3, -0.25) is 4.90 Å². The number of nitrogens with one attached hydrogen (secondary N) is 2. The van der Waals surface area contributed by atoms with Crippen LogP contribution < -0.4 is 10.6 Å². The lowest BCUT2D eigenvalue weighted by molar-refractivity contribution is 0.181. The van der Waals surface area contributed by atoms with Gasteiger partial charge in [0.15, 0.2) is 0 Å². The number of carbonyl (C=O) groups excluding carboxylic acids is 1. The Morgan fingerprint density at radius 1 is 0.967 bits per heavy atom. The molecule has 0 spiro atoms. The summed E-state index contributed by atoms with van der Waals surface area (Å²) in [7, 11) is -3.55. The molecule has 0 saturated carbocycles. The largest absolute Gasteiger partial charge is 0.338 e. The number of urea groups is 1. The van der Waals surface area contributed by atoms with Gasteiger partial charge in [0.1, 0.15) is 0 Å². The highest BCUT2D eigenvalue weighted by molar-refractivity contribution is 7.89. The van der Waals surface area contributed by atoms with E-state index in [1.54, 1.807) is 24.3 Å². The fourth-order valence-electron chi connectivity index (χ4n) is 3.30. The van der Waals surface area contributed by atoms with E-state index in [2.05, 4.69) is 27.7 Å². The van der Waals surface area contributed by atoms with Gasteiger partial charge in [0.25, 0.3) is 0 Å². The van der Waals surface area contributed by atoms with E-state index in [4.69, 9.17) is 0 Å². The summed E-state index contributed by atoms with van der Waals surface area (Å²) >= 11 is 0. The smallest absolute Gasteiger partial charge is 0.319 e. The van der Waals surface area contributed by atoms with E-state index in [0.717, 1.165) is 6.54 Å². The molecule has 2 N–H and O–H groups in total. The zero-order valence-corrected chi connectivity index (χ0v) is 18.4. The van der Waals surface area contributed by atoms with E-state index >= 15 is 0 Å². The molecule has 8 heteroatoms. The van der Waals surface area contributed by atoms with Gasteiger partial charge in [0.05, 0.1) is 4.90 Å². The second kappa shape index (κ2) is 10.1. The van der Waals surface area contributed by atoms with Crippen LogP contribution in [0.5, 0.6) is 0 Å². The van der Waals surface area contributed by atoms with Crippen molar-refractivity contribution in [1.29, 1.82) is 0 Å². The van der Waals surface area contributed by atoms with Crippen molar-refractivity contribution in [3.63, 3.8) is 0 Å². The van der Waals surface area contributed by atoms with Gasteiger partial charge in [-0.15, -0.1) is 0 Å². The van der Waals surface area contributed by atoms with Crippen LogP contribution in [0.4, 0.5) is 10.5 Å². The normalized spacial score (nSPS) is 15.8. The number of sulfonamides is 1. The lowest BCUT2D eigenvalue weighted by atomic mass is 10.2. The average molecular weight is 431 g/mol. The average Bonchev–Trinajstić information content (AvgIpc) is 2.74. The van der Waals surface area contributed by atoms with Gasteiger partial charge in [-0.25, -0.2) is 13.2 Å². The Labute approximate surface area is 179 Å². The summed E-state index contributed by atoms with van der Waals surface area (Å²) in [5.74, 6) is 0.358. The Morgan fingerprint density at radius 3 is 2.20 bits per heavy atom. The van der Waals surface area contributed by atoms with Crippen LogP contribution in [0.3, 0.4) is 0 Å². The van der Waals surface area contributed by atoms with Crippen LogP contribution in [0, 0.1) is 5.92 Å². The molecule has 1 aliphatic rings. The molecule has 1 fully saturated rings. The summed E-state index contributed by atoms with van der Waals surface area (Å²) in [6.07, 6.45) is 0. The number of rotatable bonds is 7. The molecule has 1 aliphatic heterocycles. The van der Waals surface area contributed by atoms with Gasteiger partial charge in [0, 0.05) is 45.0 Å². The third-order valence-electron chi connectivity index (χ3n) is 5.00. The van der Waals surface area contributed by atoms with Gasteiger partial charge >= 0.3 is 6.03 Å². The summed E-state index contributed by atoms with van der Waals surface area (Å²) in [6.45, 7) is 7.76. The molecule has 0 aromatic heterocycles. The molecule has 7 nitrogen and oxygen atoms in total. The molecule has 162 valence electrons. The van der Waals surface area contributed by atoms with Gasteiger partial charge < -0.3 is 10.6 Å². The molecule has 0 radical (unpaired) electrons. The minimum atomic E-state index is -3.55. The van der Waals surface area contributed by atoms with Gasteiger partial charge in [-0.1, -0.05) is 44.2 Å². The lowest BCUT2D eigenvalue weighted by Gasteiger charge is -2.34. The van der Waals surface area contributed by atoms with Crippen molar-refractivity contribution in [2.75, 3.05) is 38.0 Å². The third-order valence-corrected chi connectivity index (χ3v) is 6.91. The molecule has 30 heavy (non-hydrogen) atoms. The van der Waals surface area contributed by atoms with Crippen molar-refractivity contribution in [2.45, 2.75) is 25.3 Å². The minimum absolute atomic E-state index is 0.243. The van der Waals surface area contributed by atoms with Crippen molar-refractivity contribution in [3.8, 4) is 0 Å². The monoisotopic (exact) mass is 430 g/mol. The highest BCUT2D eigenvalue weighted by atomic mass is 32.2. The van der Waals surface area contributed by atoms with E-state index in [0.29, 0.717) is 44.3 Å². The molecule has 1 heterocycles. The van der Waals surface area contributed by atoms with E-state index in [1.165, 1.54) is 9.87 Å². The topological polar surface area (TPSA) is 81.8 Å². The lowest BCUT2D eigenvalue weighted by Crippen LogP contribution is -2.48. The molecule has 1 saturated heterocycles. The number of hydrogen-bond donors (Lipinski definition) is 2. The molecule has 0 unspecified atom stereocenters. The summed E-state index contributed by atoms with van der Waals surface area (Å²) in [5.41, 5.74) is 1.79. The maximum Gasteiger partial charge on any atom is 0.319 e. The number of benzene rings is 2. The molecule has 2 amide bonds. The number of nitrogens with zero attached hydrogens (tertiary/aromatic N) is 2. The first kappa shape index (κ1) is 22.3. The van der Waals surface area contributed by atoms with Gasteiger partial charge in [0.2, 0.25) is 10.0 Å². The van der Waals surface area contributed by atoms with Crippen molar-refractivity contribution >= 4 is 21.7 Å². The third kappa shape index (κ3) is 6.04. The van der Waals surface area contributed by atoms with Crippen molar-refractivity contribution < 1.29 is 13.2 Å². The van der Waals surface area contributed by atoms with Crippen molar-refractivity contribution in [2.24, 2.45) is 5.92 Å². The maximum absolute atomic E-state index is 13.0. The maximum atomic E-state index is 13.0. The zero-order valence-electron chi connectivity index (χ0n) is 17.5. The fraction of sp³-hybridized carbons (Fsp3) is 0.409. The molecule has 2 aromatic carbocycles. The van der Waals surface area contributed by atoms with E-state index in [9.17, 15) is 13.2 Å². The molecule has 2 aromatic rings. The van der Waals surface area contributed by atoms with Crippen LogP contribution in [-0.4, -0.2) is 56.4 Å². The first-order chi connectivity index (χ1) is 14.3. The fourth-order valence-corrected chi connectivity index (χ4v) is 4.72. The summed E-state index contributed by atoms with van der Waals surface area (Å²) in [4.78, 5) is 14.4. The van der Waals surface area contributed by atoms with Crippen LogP contribution >= 0.6 is 0 Å². The molecule has 0 bridgehead atoms. The second-order valence-electron chi connectivity index (χ2n) is 7.92. The number of piperazine rings is 1. The Kier molecular flexibility index (Phi) is 7.47. The van der Waals surface area contributed by atoms with E-state index in [1.807, 2.05) is 32.0 Å². The second-order valence-corrected chi connectivity index (χ2v) is 9.86. The summed E-state index contributed by atoms with van der Waals surface area (Å²) in [5, 5.41) is 5.49. The SMILES string of the molecule is CC(C)CNC(=O)Nc1ccc(S(=O)(=O)N2CCN(Cc3ccccc3)CC2)cc1. The first-order valence-corrected chi connectivity index (χ1v) is 11.7. The Hall–Kier alpha value is -2.42. The number of amides is 2. The molecule has 0 atom stereocenters. The van der Waals surface area contributed by atoms with Gasteiger partial charge in [-0.2, -0.15) is 4.31 Å².